The van der Waals surface area contributed by atoms with E-state index in [2.05, 4.69) is 4.98 Å². The molecular formula is C26H34N4O6. The van der Waals surface area contributed by atoms with Gasteiger partial charge >= 0.3 is 5.97 Å². The van der Waals surface area contributed by atoms with Gasteiger partial charge in [-0.3, -0.25) is 24.2 Å². The smallest absolute Gasteiger partial charge is 0.305 e. The van der Waals surface area contributed by atoms with Crippen molar-refractivity contribution in [1.82, 2.24) is 14.8 Å². The normalized spacial score (nSPS) is 13.5. The molecule has 1 aromatic carbocycles. The van der Waals surface area contributed by atoms with Gasteiger partial charge in [-0.2, -0.15) is 0 Å². The highest BCUT2D eigenvalue weighted by molar-refractivity contribution is 6.03. The van der Waals surface area contributed by atoms with E-state index in [4.69, 9.17) is 15.2 Å². The second-order valence-corrected chi connectivity index (χ2v) is 8.65. The number of para-hydroxylation sites is 1. The number of rotatable bonds is 11. The maximum Gasteiger partial charge on any atom is 0.305 e. The van der Waals surface area contributed by atoms with Crippen LogP contribution >= 0.6 is 0 Å². The quantitative estimate of drug-likeness (QED) is 0.370. The zero-order valence-electron chi connectivity index (χ0n) is 21.0. The fraction of sp³-hybridized carbons (Fsp3) is 0.500. The van der Waals surface area contributed by atoms with E-state index < -0.39 is 5.91 Å². The molecule has 0 radical (unpaired) electrons. The summed E-state index contributed by atoms with van der Waals surface area (Å²) in [6, 6.07) is 7.21. The molecule has 1 fully saturated rings. The van der Waals surface area contributed by atoms with Crippen LogP contribution in [0.25, 0.3) is 10.9 Å². The summed E-state index contributed by atoms with van der Waals surface area (Å²) in [4.78, 5) is 57.2. The molecule has 0 bridgehead atoms. The van der Waals surface area contributed by atoms with Crippen molar-refractivity contribution in [2.45, 2.75) is 45.4 Å². The van der Waals surface area contributed by atoms with Gasteiger partial charge in [-0.05, 0) is 31.9 Å². The van der Waals surface area contributed by atoms with Crippen LogP contribution in [0.4, 0.5) is 0 Å². The minimum Gasteiger partial charge on any atom is -0.495 e. The summed E-state index contributed by atoms with van der Waals surface area (Å²) in [7, 11) is 1.45. The van der Waals surface area contributed by atoms with Crippen molar-refractivity contribution >= 4 is 34.6 Å². The Morgan fingerprint density at radius 1 is 0.944 bits per heavy atom. The Morgan fingerprint density at radius 3 is 2.22 bits per heavy atom. The minimum atomic E-state index is -0.703. The van der Waals surface area contributed by atoms with Gasteiger partial charge in [0.2, 0.25) is 11.8 Å². The van der Waals surface area contributed by atoms with Crippen molar-refractivity contribution in [3.63, 3.8) is 0 Å². The molecule has 10 nitrogen and oxygen atoms in total. The Morgan fingerprint density at radius 2 is 1.58 bits per heavy atom. The highest BCUT2D eigenvalue weighted by Gasteiger charge is 2.27. The first kappa shape index (κ1) is 26.9. The predicted molar refractivity (Wildman–Crippen MR) is 133 cm³/mol. The number of carbonyl (C=O) groups excluding carboxylic acids is 4. The third kappa shape index (κ3) is 6.71. The van der Waals surface area contributed by atoms with E-state index >= 15 is 0 Å². The van der Waals surface area contributed by atoms with Crippen molar-refractivity contribution in [3.8, 4) is 5.75 Å². The molecule has 1 aliphatic heterocycles. The van der Waals surface area contributed by atoms with Crippen LogP contribution in [-0.4, -0.2) is 78.4 Å². The first-order chi connectivity index (χ1) is 17.3. The minimum absolute atomic E-state index is 0.0511. The zero-order valence-corrected chi connectivity index (χ0v) is 21.0. The van der Waals surface area contributed by atoms with E-state index in [0.717, 1.165) is 6.42 Å². The summed E-state index contributed by atoms with van der Waals surface area (Å²) in [5, 5.41) is 0.651. The monoisotopic (exact) mass is 498 g/mol. The molecule has 194 valence electrons. The average molecular weight is 499 g/mol. The summed E-state index contributed by atoms with van der Waals surface area (Å²) in [6.07, 6.45) is 2.90. The van der Waals surface area contributed by atoms with Gasteiger partial charge in [0.15, 0.2) is 0 Å². The van der Waals surface area contributed by atoms with Crippen LogP contribution < -0.4 is 10.5 Å². The van der Waals surface area contributed by atoms with Crippen LogP contribution in [0.1, 0.15) is 55.1 Å². The average Bonchev–Trinajstić information content (AvgIpc) is 2.87. The number of unbranched alkanes of at least 4 members (excludes halogenated alkanes) is 2. The molecule has 0 aliphatic carbocycles. The largest absolute Gasteiger partial charge is 0.495 e. The van der Waals surface area contributed by atoms with Gasteiger partial charge in [-0.15, -0.1) is 0 Å². The number of hydrogen-bond acceptors (Lipinski definition) is 7. The molecule has 3 amide bonds. The van der Waals surface area contributed by atoms with Gasteiger partial charge < -0.3 is 25.0 Å². The van der Waals surface area contributed by atoms with Gasteiger partial charge in [-0.25, -0.2) is 0 Å². The number of pyridine rings is 1. The molecule has 0 unspecified atom stereocenters. The molecule has 2 N–H and O–H groups in total. The van der Waals surface area contributed by atoms with Crippen molar-refractivity contribution in [2.75, 3.05) is 39.9 Å². The lowest BCUT2D eigenvalue weighted by molar-refractivity contribution is -0.143. The lowest BCUT2D eigenvalue weighted by Gasteiger charge is -2.35. The zero-order chi connectivity index (χ0) is 26.1. The van der Waals surface area contributed by atoms with Crippen LogP contribution in [0.2, 0.25) is 0 Å². The summed E-state index contributed by atoms with van der Waals surface area (Å²) < 4.78 is 10.4. The molecule has 3 rings (SSSR count). The number of esters is 1. The summed E-state index contributed by atoms with van der Waals surface area (Å²) in [5.74, 6) is -0.729. The number of nitrogens with zero attached hydrogens (tertiary/aromatic N) is 3. The van der Waals surface area contributed by atoms with Crippen molar-refractivity contribution in [1.29, 1.82) is 0 Å². The number of ether oxygens (including phenoxy) is 2. The van der Waals surface area contributed by atoms with E-state index in [1.807, 2.05) is 12.1 Å². The van der Waals surface area contributed by atoms with Crippen molar-refractivity contribution in [3.05, 3.63) is 35.5 Å². The molecule has 2 heterocycles. The van der Waals surface area contributed by atoms with E-state index in [1.165, 1.54) is 7.11 Å². The second kappa shape index (κ2) is 12.9. The standard InChI is InChI=1S/C26H34N4O6/c1-3-36-23(33)12-6-4-5-11-21(31)29-13-15-30(16-14-29)22(32)17-20-24(26(27)34)25(35-2)18-9-7-8-10-19(18)28-20/h7-10H,3-6,11-17H2,1-2H3,(H2,27,34). The third-order valence-corrected chi connectivity index (χ3v) is 6.25. The molecular weight excluding hydrogens is 464 g/mol. The van der Waals surface area contributed by atoms with E-state index in [-0.39, 0.29) is 35.5 Å². The Labute approximate surface area is 210 Å². The lowest BCUT2D eigenvalue weighted by Crippen LogP contribution is -2.51. The second-order valence-electron chi connectivity index (χ2n) is 8.65. The Bertz CT molecular complexity index is 1110. The highest BCUT2D eigenvalue weighted by Crippen LogP contribution is 2.31. The van der Waals surface area contributed by atoms with Gasteiger partial charge in [0.1, 0.15) is 11.3 Å². The Balaban J connectivity index is 1.53. The van der Waals surface area contributed by atoms with E-state index in [9.17, 15) is 19.2 Å². The summed E-state index contributed by atoms with van der Waals surface area (Å²) in [5.41, 5.74) is 6.63. The summed E-state index contributed by atoms with van der Waals surface area (Å²) >= 11 is 0. The summed E-state index contributed by atoms with van der Waals surface area (Å²) in [6.45, 7) is 3.87. The van der Waals surface area contributed by atoms with Crippen LogP contribution in [0.5, 0.6) is 5.75 Å². The Hall–Kier alpha value is -3.69. The molecule has 0 saturated carbocycles. The molecule has 1 aromatic heterocycles. The van der Waals surface area contributed by atoms with E-state index in [0.29, 0.717) is 75.1 Å². The van der Waals surface area contributed by atoms with Gasteiger partial charge in [0, 0.05) is 44.4 Å². The van der Waals surface area contributed by atoms with Crippen LogP contribution in [0.15, 0.2) is 24.3 Å². The molecule has 1 aliphatic rings. The number of amides is 3. The molecule has 1 saturated heterocycles. The number of hydrogen-bond donors (Lipinski definition) is 1. The van der Waals surface area contributed by atoms with Crippen molar-refractivity contribution < 1.29 is 28.7 Å². The van der Waals surface area contributed by atoms with Gasteiger partial charge in [0.05, 0.1) is 31.3 Å². The topological polar surface area (TPSA) is 132 Å². The SMILES string of the molecule is CCOC(=O)CCCCCC(=O)N1CCN(C(=O)Cc2nc3ccccc3c(OC)c2C(N)=O)CC1. The number of methoxy groups -OCH3 is 1. The van der Waals surface area contributed by atoms with Crippen molar-refractivity contribution in [2.24, 2.45) is 5.73 Å². The number of carbonyl (C=O) groups is 4. The first-order valence-electron chi connectivity index (χ1n) is 12.3. The molecule has 10 heteroatoms. The number of aromatic nitrogens is 1. The van der Waals surface area contributed by atoms with Gasteiger partial charge in [-0.1, -0.05) is 18.6 Å². The Kier molecular flexibility index (Phi) is 9.61. The highest BCUT2D eigenvalue weighted by atomic mass is 16.5. The van der Waals surface area contributed by atoms with Gasteiger partial charge in [0.25, 0.3) is 5.91 Å². The molecule has 2 aromatic rings. The number of fused-ring (bicyclic) bond motifs is 1. The number of primary amides is 1. The third-order valence-electron chi connectivity index (χ3n) is 6.25. The predicted octanol–water partition coefficient (Wildman–Crippen LogP) is 2.07. The van der Waals surface area contributed by atoms with Crippen LogP contribution in [0.3, 0.4) is 0 Å². The molecule has 36 heavy (non-hydrogen) atoms. The van der Waals surface area contributed by atoms with Crippen LogP contribution in [-0.2, 0) is 25.5 Å². The first-order valence-corrected chi connectivity index (χ1v) is 12.3. The number of piperazine rings is 1. The van der Waals surface area contributed by atoms with Crippen LogP contribution in [0, 0.1) is 0 Å². The van der Waals surface area contributed by atoms with E-state index in [1.54, 1.807) is 28.9 Å². The maximum absolute atomic E-state index is 13.1. The fourth-order valence-electron chi connectivity index (χ4n) is 4.40. The fourth-order valence-corrected chi connectivity index (χ4v) is 4.40. The molecule has 0 spiro atoms. The maximum atomic E-state index is 13.1. The molecule has 0 atom stereocenters. The number of benzene rings is 1. The lowest BCUT2D eigenvalue weighted by atomic mass is 10.0. The number of nitrogens with two attached hydrogens (primary N) is 1.